The second-order valence-electron chi connectivity index (χ2n) is 7.27. The summed E-state index contributed by atoms with van der Waals surface area (Å²) < 4.78 is 27.0. The summed E-state index contributed by atoms with van der Waals surface area (Å²) in [6.45, 7) is 1.29. The van der Waals surface area contributed by atoms with Gasteiger partial charge in [0, 0.05) is 37.1 Å². The van der Waals surface area contributed by atoms with Crippen LogP contribution >= 0.6 is 35.6 Å². The zero-order valence-electron chi connectivity index (χ0n) is 16.9. The minimum Gasteiger partial charge on any atom is -0.356 e. The first-order valence-corrected chi connectivity index (χ1v) is 11.7. The maximum absolute atomic E-state index is 12.2. The number of nitrogens with zero attached hydrogens (tertiary/aromatic N) is 1. The Labute approximate surface area is 201 Å². The first kappa shape index (κ1) is 24.9. The third-order valence-corrected chi connectivity index (χ3v) is 6.67. The molecule has 0 atom stereocenters. The molecule has 164 valence electrons. The molecule has 9 heteroatoms. The van der Waals surface area contributed by atoms with Crippen LogP contribution in [0.2, 0.25) is 5.02 Å². The summed E-state index contributed by atoms with van der Waals surface area (Å²) >= 11 is 6.13. The molecule has 0 spiro atoms. The summed E-state index contributed by atoms with van der Waals surface area (Å²) in [6.07, 6.45) is 2.18. The average Bonchev–Trinajstić information content (AvgIpc) is 3.51. The highest BCUT2D eigenvalue weighted by atomic mass is 127. The Morgan fingerprint density at radius 3 is 2.47 bits per heavy atom. The van der Waals surface area contributed by atoms with Crippen LogP contribution in [0.1, 0.15) is 24.0 Å². The Morgan fingerprint density at radius 1 is 1.10 bits per heavy atom. The molecule has 3 rings (SSSR count). The zero-order chi connectivity index (χ0) is 20.7. The van der Waals surface area contributed by atoms with Crippen molar-refractivity contribution < 1.29 is 8.42 Å². The number of hydrogen-bond acceptors (Lipinski definition) is 3. The van der Waals surface area contributed by atoms with Gasteiger partial charge < -0.3 is 10.6 Å². The van der Waals surface area contributed by atoms with E-state index in [0.29, 0.717) is 5.96 Å². The van der Waals surface area contributed by atoms with Crippen molar-refractivity contribution in [3.8, 4) is 0 Å². The second kappa shape index (κ2) is 11.3. The maximum atomic E-state index is 12.2. The fraction of sp³-hybridized carbons (Fsp3) is 0.381. The lowest BCUT2D eigenvalue weighted by Crippen LogP contribution is -2.43. The van der Waals surface area contributed by atoms with Crippen LogP contribution in [0.15, 0.2) is 59.6 Å². The number of guanidine groups is 1. The Morgan fingerprint density at radius 2 is 1.83 bits per heavy atom. The van der Waals surface area contributed by atoms with E-state index in [1.165, 1.54) is 5.56 Å². The minimum atomic E-state index is -3.37. The van der Waals surface area contributed by atoms with Crippen LogP contribution in [0, 0.1) is 0 Å². The number of nitrogens with one attached hydrogen (secondary N) is 3. The van der Waals surface area contributed by atoms with E-state index in [0.717, 1.165) is 30.0 Å². The normalized spacial score (nSPS) is 15.2. The van der Waals surface area contributed by atoms with E-state index in [1.807, 2.05) is 48.5 Å². The van der Waals surface area contributed by atoms with Crippen molar-refractivity contribution in [3.05, 3.63) is 70.7 Å². The molecular formula is C21H28ClIN4O2S. The van der Waals surface area contributed by atoms with Gasteiger partial charge in [-0.15, -0.1) is 24.0 Å². The molecule has 2 aromatic rings. The lowest BCUT2D eigenvalue weighted by molar-refractivity contribution is 0.579. The standard InChI is InChI=1S/C21H27ClN4O2S.HI/c1-23-20(25-16-21(10-11-21)18-8-5-9-19(22)14-18)24-12-13-29(27,28)26-15-17-6-3-2-4-7-17;/h2-9,14,26H,10-13,15-16H2,1H3,(H2,23,24,25);1H. The molecule has 0 aliphatic heterocycles. The molecule has 0 bridgehead atoms. The van der Waals surface area contributed by atoms with Gasteiger partial charge in [0.1, 0.15) is 0 Å². The van der Waals surface area contributed by atoms with Crippen LogP contribution in [0.25, 0.3) is 0 Å². The SMILES string of the molecule is CN=C(NCCS(=O)(=O)NCc1ccccc1)NCC1(c2cccc(Cl)c2)CC1.I. The van der Waals surface area contributed by atoms with Crippen molar-refractivity contribution in [2.45, 2.75) is 24.8 Å². The van der Waals surface area contributed by atoms with Crippen molar-refractivity contribution >= 4 is 51.6 Å². The van der Waals surface area contributed by atoms with Crippen molar-refractivity contribution in [1.29, 1.82) is 0 Å². The summed E-state index contributed by atoms with van der Waals surface area (Å²) in [7, 11) is -1.70. The summed E-state index contributed by atoms with van der Waals surface area (Å²) in [5.74, 6) is 0.566. The predicted octanol–water partition coefficient (Wildman–Crippen LogP) is 3.27. The van der Waals surface area contributed by atoms with Gasteiger partial charge in [0.15, 0.2) is 5.96 Å². The molecule has 1 saturated carbocycles. The van der Waals surface area contributed by atoms with Crippen LogP contribution in [0.4, 0.5) is 0 Å². The number of halogens is 2. The Hall–Kier alpha value is -1.36. The van der Waals surface area contributed by atoms with Gasteiger partial charge in [-0.25, -0.2) is 13.1 Å². The number of hydrogen-bond donors (Lipinski definition) is 3. The monoisotopic (exact) mass is 562 g/mol. The number of sulfonamides is 1. The van der Waals surface area contributed by atoms with Crippen LogP contribution < -0.4 is 15.4 Å². The van der Waals surface area contributed by atoms with E-state index in [4.69, 9.17) is 11.6 Å². The topological polar surface area (TPSA) is 82.6 Å². The molecule has 6 nitrogen and oxygen atoms in total. The summed E-state index contributed by atoms with van der Waals surface area (Å²) in [6, 6.07) is 17.4. The Bertz CT molecular complexity index is 950. The van der Waals surface area contributed by atoms with Crippen LogP contribution in [-0.2, 0) is 22.0 Å². The first-order chi connectivity index (χ1) is 13.9. The van der Waals surface area contributed by atoms with Crippen LogP contribution in [0.3, 0.4) is 0 Å². The molecule has 2 aromatic carbocycles. The van der Waals surface area contributed by atoms with E-state index in [9.17, 15) is 8.42 Å². The lowest BCUT2D eigenvalue weighted by atomic mass is 9.96. The lowest BCUT2D eigenvalue weighted by Gasteiger charge is -2.19. The Balaban J connectivity index is 0.00000320. The highest BCUT2D eigenvalue weighted by Gasteiger charge is 2.44. The molecular weight excluding hydrogens is 535 g/mol. The van der Waals surface area contributed by atoms with Gasteiger partial charge in [-0.05, 0) is 36.1 Å². The molecule has 3 N–H and O–H groups in total. The fourth-order valence-corrected chi connectivity index (χ4v) is 4.27. The van der Waals surface area contributed by atoms with Crippen molar-refractivity contribution in [3.63, 3.8) is 0 Å². The van der Waals surface area contributed by atoms with Crippen molar-refractivity contribution in [2.24, 2.45) is 4.99 Å². The van der Waals surface area contributed by atoms with Gasteiger partial charge in [-0.3, -0.25) is 4.99 Å². The maximum Gasteiger partial charge on any atom is 0.213 e. The van der Waals surface area contributed by atoms with Crippen LogP contribution in [0.5, 0.6) is 0 Å². The summed E-state index contributed by atoms with van der Waals surface area (Å²) in [4.78, 5) is 4.20. The Kier molecular flexibility index (Phi) is 9.39. The van der Waals surface area contributed by atoms with Gasteiger partial charge in [-0.2, -0.15) is 0 Å². The third-order valence-electron chi connectivity index (χ3n) is 5.11. The number of benzene rings is 2. The highest BCUT2D eigenvalue weighted by molar-refractivity contribution is 14.0. The molecule has 0 unspecified atom stereocenters. The average molecular weight is 563 g/mol. The largest absolute Gasteiger partial charge is 0.356 e. The van der Waals surface area contributed by atoms with Gasteiger partial charge in [0.2, 0.25) is 10.0 Å². The number of rotatable bonds is 9. The van der Waals surface area contributed by atoms with Gasteiger partial charge in [-0.1, -0.05) is 54.1 Å². The first-order valence-electron chi connectivity index (χ1n) is 9.64. The van der Waals surface area contributed by atoms with E-state index in [1.54, 1.807) is 7.05 Å². The smallest absolute Gasteiger partial charge is 0.213 e. The summed E-state index contributed by atoms with van der Waals surface area (Å²) in [5.41, 5.74) is 2.23. The predicted molar refractivity (Wildman–Crippen MR) is 134 cm³/mol. The van der Waals surface area contributed by atoms with Gasteiger partial charge in [0.05, 0.1) is 5.75 Å². The van der Waals surface area contributed by atoms with Gasteiger partial charge >= 0.3 is 0 Å². The quantitative estimate of drug-likeness (QED) is 0.249. The molecule has 0 heterocycles. The third kappa shape index (κ3) is 7.40. The molecule has 1 aliphatic carbocycles. The molecule has 0 amide bonds. The molecule has 0 radical (unpaired) electrons. The van der Waals surface area contributed by atoms with E-state index in [2.05, 4.69) is 26.4 Å². The number of aliphatic imine (C=N–C) groups is 1. The molecule has 0 aromatic heterocycles. The fourth-order valence-electron chi connectivity index (χ4n) is 3.18. The molecule has 0 saturated heterocycles. The molecule has 1 fully saturated rings. The second-order valence-corrected chi connectivity index (χ2v) is 9.63. The highest BCUT2D eigenvalue weighted by Crippen LogP contribution is 2.48. The van der Waals surface area contributed by atoms with Crippen LogP contribution in [-0.4, -0.2) is 40.3 Å². The summed E-state index contributed by atoms with van der Waals surface area (Å²) in [5, 5.41) is 7.14. The van der Waals surface area contributed by atoms with Crippen molar-refractivity contribution in [2.75, 3.05) is 25.9 Å². The molecule has 1 aliphatic rings. The molecule has 30 heavy (non-hydrogen) atoms. The van der Waals surface area contributed by atoms with E-state index in [-0.39, 0.29) is 48.2 Å². The zero-order valence-corrected chi connectivity index (χ0v) is 20.8. The minimum absolute atomic E-state index is 0. The van der Waals surface area contributed by atoms with E-state index < -0.39 is 10.0 Å². The van der Waals surface area contributed by atoms with E-state index >= 15 is 0 Å². The van der Waals surface area contributed by atoms with Crippen molar-refractivity contribution in [1.82, 2.24) is 15.4 Å². The van der Waals surface area contributed by atoms with Gasteiger partial charge in [0.25, 0.3) is 0 Å².